The zero-order chi connectivity index (χ0) is 14.5. The first-order chi connectivity index (χ1) is 10.3. The Balaban J connectivity index is 1.79. The van der Waals surface area contributed by atoms with Crippen LogP contribution in [-0.4, -0.2) is 0 Å². The van der Waals surface area contributed by atoms with E-state index < -0.39 is 0 Å². The van der Waals surface area contributed by atoms with Gasteiger partial charge in [0.1, 0.15) is 5.76 Å². The highest BCUT2D eigenvalue weighted by atomic mass is 16.3. The van der Waals surface area contributed by atoms with Gasteiger partial charge in [-0.2, -0.15) is 0 Å². The fourth-order valence-corrected chi connectivity index (χ4v) is 2.47. The lowest BCUT2D eigenvalue weighted by Gasteiger charge is -2.16. The Labute approximate surface area is 125 Å². The second kappa shape index (κ2) is 6.31. The molecule has 0 amide bonds. The van der Waals surface area contributed by atoms with Crippen LogP contribution in [0.5, 0.6) is 0 Å². The molecule has 0 aliphatic heterocycles. The van der Waals surface area contributed by atoms with E-state index in [2.05, 4.69) is 60.8 Å². The van der Waals surface area contributed by atoms with Gasteiger partial charge in [0.05, 0.1) is 12.3 Å². The summed E-state index contributed by atoms with van der Waals surface area (Å²) in [7, 11) is 0. The molecule has 1 aromatic heterocycles. The number of anilines is 1. The van der Waals surface area contributed by atoms with E-state index in [1.54, 1.807) is 6.26 Å². The molecular formula is C19H19NO. The Bertz CT molecular complexity index is 674. The highest BCUT2D eigenvalue weighted by molar-refractivity contribution is 5.53. The van der Waals surface area contributed by atoms with Crippen molar-refractivity contribution in [2.45, 2.75) is 19.4 Å². The number of furan rings is 1. The number of hydrogen-bond donors (Lipinski definition) is 1. The van der Waals surface area contributed by atoms with Crippen LogP contribution in [0.1, 0.15) is 29.9 Å². The standard InChI is InChI=1S/C19H19NO/c1-15(19-12-7-13-21-19)20-18-11-6-5-10-17(18)14-16-8-3-2-4-9-16/h2-13,15,20H,14H2,1H3. The van der Waals surface area contributed by atoms with Crippen LogP contribution in [0.2, 0.25) is 0 Å². The molecule has 0 saturated heterocycles. The van der Waals surface area contributed by atoms with E-state index in [1.165, 1.54) is 11.1 Å². The van der Waals surface area contributed by atoms with Gasteiger partial charge in [0, 0.05) is 5.69 Å². The maximum Gasteiger partial charge on any atom is 0.125 e. The molecule has 3 rings (SSSR count). The van der Waals surface area contributed by atoms with Crippen molar-refractivity contribution in [1.82, 2.24) is 0 Å². The number of nitrogens with one attached hydrogen (secondary N) is 1. The molecule has 106 valence electrons. The SMILES string of the molecule is CC(Nc1ccccc1Cc1ccccc1)c1ccco1. The van der Waals surface area contributed by atoms with Crippen molar-refractivity contribution in [2.24, 2.45) is 0 Å². The number of benzene rings is 2. The van der Waals surface area contributed by atoms with Crippen LogP contribution in [0.3, 0.4) is 0 Å². The Hall–Kier alpha value is -2.48. The number of hydrogen-bond acceptors (Lipinski definition) is 2. The summed E-state index contributed by atoms with van der Waals surface area (Å²) in [5.41, 5.74) is 3.77. The predicted octanol–water partition coefficient (Wildman–Crippen LogP) is 5.04. The summed E-state index contributed by atoms with van der Waals surface area (Å²) in [4.78, 5) is 0. The number of rotatable bonds is 5. The quantitative estimate of drug-likeness (QED) is 0.706. The van der Waals surface area contributed by atoms with Crippen LogP contribution in [0.4, 0.5) is 5.69 Å². The molecule has 1 unspecified atom stereocenters. The van der Waals surface area contributed by atoms with Crippen LogP contribution in [0, 0.1) is 0 Å². The van der Waals surface area contributed by atoms with E-state index in [1.807, 2.05) is 18.2 Å². The maximum atomic E-state index is 5.46. The van der Waals surface area contributed by atoms with Crippen molar-refractivity contribution < 1.29 is 4.42 Å². The van der Waals surface area contributed by atoms with E-state index in [9.17, 15) is 0 Å². The molecule has 0 bridgehead atoms. The monoisotopic (exact) mass is 277 g/mol. The van der Waals surface area contributed by atoms with Gasteiger partial charge in [-0.15, -0.1) is 0 Å². The molecule has 0 fully saturated rings. The van der Waals surface area contributed by atoms with Crippen molar-refractivity contribution in [3.8, 4) is 0 Å². The molecule has 0 spiro atoms. The van der Waals surface area contributed by atoms with Gasteiger partial charge in [0.2, 0.25) is 0 Å². The molecule has 1 N–H and O–H groups in total. The van der Waals surface area contributed by atoms with Gasteiger partial charge in [-0.3, -0.25) is 0 Å². The molecule has 2 aromatic carbocycles. The summed E-state index contributed by atoms with van der Waals surface area (Å²) < 4.78 is 5.46. The van der Waals surface area contributed by atoms with E-state index in [0.717, 1.165) is 17.9 Å². The summed E-state index contributed by atoms with van der Waals surface area (Å²) in [6.45, 7) is 2.11. The third-order valence-corrected chi connectivity index (χ3v) is 3.60. The average molecular weight is 277 g/mol. The zero-order valence-corrected chi connectivity index (χ0v) is 12.1. The first-order valence-corrected chi connectivity index (χ1v) is 7.25. The third-order valence-electron chi connectivity index (χ3n) is 3.60. The lowest BCUT2D eigenvalue weighted by molar-refractivity contribution is 0.490. The van der Waals surface area contributed by atoms with Crippen molar-refractivity contribution in [3.05, 3.63) is 89.9 Å². The molecule has 21 heavy (non-hydrogen) atoms. The van der Waals surface area contributed by atoms with E-state index in [4.69, 9.17) is 4.42 Å². The van der Waals surface area contributed by atoms with Gasteiger partial charge in [0.15, 0.2) is 0 Å². The molecule has 1 heterocycles. The Morgan fingerprint density at radius 3 is 2.43 bits per heavy atom. The first-order valence-electron chi connectivity index (χ1n) is 7.25. The van der Waals surface area contributed by atoms with E-state index >= 15 is 0 Å². The van der Waals surface area contributed by atoms with Crippen molar-refractivity contribution in [3.63, 3.8) is 0 Å². The topological polar surface area (TPSA) is 25.2 Å². The molecule has 0 saturated carbocycles. The van der Waals surface area contributed by atoms with Crippen molar-refractivity contribution in [1.29, 1.82) is 0 Å². The van der Waals surface area contributed by atoms with E-state index in [0.29, 0.717) is 0 Å². The van der Waals surface area contributed by atoms with Crippen molar-refractivity contribution in [2.75, 3.05) is 5.32 Å². The minimum absolute atomic E-state index is 0.150. The minimum atomic E-state index is 0.150. The molecule has 0 aliphatic carbocycles. The van der Waals surface area contributed by atoms with Gasteiger partial charge in [-0.1, -0.05) is 48.5 Å². The van der Waals surface area contributed by atoms with Crippen LogP contribution in [0.15, 0.2) is 77.4 Å². The minimum Gasteiger partial charge on any atom is -0.467 e. The molecular weight excluding hydrogens is 258 g/mol. The van der Waals surface area contributed by atoms with Crippen molar-refractivity contribution >= 4 is 5.69 Å². The maximum absolute atomic E-state index is 5.46. The fourth-order valence-electron chi connectivity index (χ4n) is 2.47. The Morgan fingerprint density at radius 1 is 0.905 bits per heavy atom. The van der Waals surface area contributed by atoms with Gasteiger partial charge in [-0.05, 0) is 42.7 Å². The van der Waals surface area contributed by atoms with Gasteiger partial charge >= 0.3 is 0 Å². The van der Waals surface area contributed by atoms with Gasteiger partial charge in [0.25, 0.3) is 0 Å². The highest BCUT2D eigenvalue weighted by Gasteiger charge is 2.10. The average Bonchev–Trinajstić information content (AvgIpc) is 3.05. The molecule has 0 aliphatic rings. The lowest BCUT2D eigenvalue weighted by Crippen LogP contribution is -2.07. The highest BCUT2D eigenvalue weighted by Crippen LogP contribution is 2.24. The van der Waals surface area contributed by atoms with Crippen LogP contribution < -0.4 is 5.32 Å². The molecule has 3 aromatic rings. The zero-order valence-electron chi connectivity index (χ0n) is 12.1. The second-order valence-corrected chi connectivity index (χ2v) is 5.20. The summed E-state index contributed by atoms with van der Waals surface area (Å²) in [6, 6.07) is 23.0. The molecule has 1 atom stereocenters. The summed E-state index contributed by atoms with van der Waals surface area (Å²) in [5.74, 6) is 0.949. The van der Waals surface area contributed by atoms with Crippen LogP contribution >= 0.6 is 0 Å². The summed E-state index contributed by atoms with van der Waals surface area (Å²) in [5, 5.41) is 3.54. The first kappa shape index (κ1) is 13.5. The largest absolute Gasteiger partial charge is 0.467 e. The van der Waals surface area contributed by atoms with Crippen LogP contribution in [0.25, 0.3) is 0 Å². The van der Waals surface area contributed by atoms with Gasteiger partial charge in [-0.25, -0.2) is 0 Å². The Morgan fingerprint density at radius 2 is 1.67 bits per heavy atom. The smallest absolute Gasteiger partial charge is 0.125 e. The van der Waals surface area contributed by atoms with Gasteiger partial charge < -0.3 is 9.73 Å². The number of para-hydroxylation sites is 1. The Kier molecular flexibility index (Phi) is 4.06. The predicted molar refractivity (Wildman–Crippen MR) is 86.4 cm³/mol. The molecule has 0 radical (unpaired) electrons. The molecule has 2 nitrogen and oxygen atoms in total. The second-order valence-electron chi connectivity index (χ2n) is 5.20. The van der Waals surface area contributed by atoms with E-state index in [-0.39, 0.29) is 6.04 Å². The summed E-state index contributed by atoms with van der Waals surface area (Å²) >= 11 is 0. The summed E-state index contributed by atoms with van der Waals surface area (Å²) in [6.07, 6.45) is 2.64. The van der Waals surface area contributed by atoms with Crippen LogP contribution in [-0.2, 0) is 6.42 Å². The normalized spacial score (nSPS) is 12.0. The lowest BCUT2D eigenvalue weighted by atomic mass is 10.0. The molecule has 2 heteroatoms. The fraction of sp³-hybridized carbons (Fsp3) is 0.158. The third kappa shape index (κ3) is 3.34.